The monoisotopic (exact) mass is 1300 g/mol. The van der Waals surface area contributed by atoms with Gasteiger partial charge in [-0.1, -0.05) is 40.5 Å². The summed E-state index contributed by atoms with van der Waals surface area (Å²) in [5, 5.41) is 12.0. The lowest BCUT2D eigenvalue weighted by Gasteiger charge is -2.17. The fourth-order valence-electron chi connectivity index (χ4n) is 8.49. The van der Waals surface area contributed by atoms with Crippen molar-refractivity contribution in [3.05, 3.63) is 88.0 Å². The normalized spacial score (nSPS) is 10.8. The predicted molar refractivity (Wildman–Crippen MR) is 372 cm³/mol. The zero-order chi connectivity index (χ0) is 70.8. The molecule has 0 heterocycles. The molecule has 0 aromatic heterocycles. The van der Waals surface area contributed by atoms with Gasteiger partial charge in [0, 0.05) is 65.4 Å². The molecule has 0 saturated heterocycles. The highest BCUT2D eigenvalue weighted by Crippen LogP contribution is 2.39. The number of Topliss-reactive ketones (excluding diaryl/α,β-unsaturated/α-hetero) is 7. The predicted octanol–water partition coefficient (Wildman–Crippen LogP) is 13.6. The van der Waals surface area contributed by atoms with Crippen LogP contribution in [0.15, 0.2) is 54.6 Å². The molecule has 0 bridgehead atoms. The number of rotatable bonds is 39. The van der Waals surface area contributed by atoms with Gasteiger partial charge in [0.2, 0.25) is 5.75 Å². The lowest BCUT2D eigenvalue weighted by Crippen LogP contribution is -2.35. The quantitative estimate of drug-likeness (QED) is 0.0303. The minimum atomic E-state index is -0.274. The van der Waals surface area contributed by atoms with E-state index in [0.717, 1.165) is 61.2 Å². The largest absolute Gasteiger partial charge is 0.494 e. The zero-order valence-corrected chi connectivity index (χ0v) is 60.3. The van der Waals surface area contributed by atoms with Crippen molar-refractivity contribution in [2.24, 2.45) is 0 Å². The van der Waals surface area contributed by atoms with Crippen LogP contribution in [0.2, 0.25) is 0 Å². The molecule has 0 fully saturated rings. The van der Waals surface area contributed by atoms with Gasteiger partial charge in [-0.25, -0.2) is 0 Å². The van der Waals surface area contributed by atoms with Crippen molar-refractivity contribution >= 4 is 40.5 Å². The van der Waals surface area contributed by atoms with E-state index in [9.17, 15) is 33.6 Å². The lowest BCUT2D eigenvalue weighted by atomic mass is 10.0. The van der Waals surface area contributed by atoms with Gasteiger partial charge in [0.1, 0.15) is 51.8 Å². The second-order valence-corrected chi connectivity index (χ2v) is 21.0. The molecule has 4 N–H and O–H groups in total. The Balaban J connectivity index is 0. The third-order valence-electron chi connectivity index (χ3n) is 13.0. The van der Waals surface area contributed by atoms with E-state index in [0.29, 0.717) is 148 Å². The number of carbonyl (C=O) groups excluding carboxylic acids is 7. The van der Waals surface area contributed by atoms with Crippen LogP contribution in [-0.4, -0.2) is 140 Å². The Morgan fingerprint density at radius 1 is 0.376 bits per heavy atom. The van der Waals surface area contributed by atoms with Gasteiger partial charge in [0.05, 0.1) is 71.5 Å². The molecule has 93 heavy (non-hydrogen) atoms. The first-order valence-electron chi connectivity index (χ1n) is 32.9. The number of carbonyl (C=O) groups is 7. The highest BCUT2D eigenvalue weighted by Gasteiger charge is 2.20. The van der Waals surface area contributed by atoms with Crippen LogP contribution in [0, 0.1) is 0 Å². The van der Waals surface area contributed by atoms with Gasteiger partial charge in [-0.2, -0.15) is 0 Å². The van der Waals surface area contributed by atoms with E-state index >= 15 is 0 Å². The Kier molecular flexibility index (Phi) is 50.0. The molecule has 4 aromatic rings. The zero-order valence-electron chi connectivity index (χ0n) is 60.3. The summed E-state index contributed by atoms with van der Waals surface area (Å²) >= 11 is 0. The van der Waals surface area contributed by atoms with Gasteiger partial charge >= 0.3 is 0 Å². The van der Waals surface area contributed by atoms with Crippen LogP contribution in [-0.2, 0) is 27.5 Å². The van der Waals surface area contributed by atoms with Gasteiger partial charge in [-0.3, -0.25) is 33.6 Å². The van der Waals surface area contributed by atoms with Crippen molar-refractivity contribution < 1.29 is 76.2 Å². The van der Waals surface area contributed by atoms with E-state index in [4.69, 9.17) is 42.6 Å². The van der Waals surface area contributed by atoms with Crippen LogP contribution in [0.3, 0.4) is 0 Å². The maximum absolute atomic E-state index is 11.6. The maximum Gasteiger partial charge on any atom is 0.203 e. The van der Waals surface area contributed by atoms with Crippen LogP contribution in [0.1, 0.15) is 222 Å². The Labute approximate surface area is 557 Å². The molecule has 0 aliphatic carbocycles. The van der Waals surface area contributed by atoms with Crippen molar-refractivity contribution in [2.75, 3.05) is 87.7 Å². The number of unbranched alkanes of at least 4 members (excludes halogenated alkanes) is 1. The van der Waals surface area contributed by atoms with E-state index in [-0.39, 0.29) is 52.6 Å². The van der Waals surface area contributed by atoms with Crippen molar-refractivity contribution in [2.45, 2.75) is 194 Å². The van der Waals surface area contributed by atoms with Crippen LogP contribution in [0.5, 0.6) is 51.7 Å². The Morgan fingerprint density at radius 3 is 0.978 bits per heavy atom. The smallest absolute Gasteiger partial charge is 0.203 e. The number of hydrogen-bond donors (Lipinski definition) is 4. The Bertz CT molecular complexity index is 2630. The summed E-state index contributed by atoms with van der Waals surface area (Å²) in [6.45, 7) is 37.2. The fraction of sp³-hybridized carbons (Fsp3) is 0.575. The number of hydrogen-bond acceptors (Lipinski definition) is 20. The first kappa shape index (κ1) is 87.7. The maximum atomic E-state index is 11.6. The van der Waals surface area contributed by atoms with Crippen molar-refractivity contribution in [3.63, 3.8) is 0 Å². The third kappa shape index (κ3) is 36.0. The van der Waals surface area contributed by atoms with Gasteiger partial charge in [-0.05, 0) is 192 Å². The van der Waals surface area contributed by atoms with Crippen molar-refractivity contribution in [3.8, 4) is 51.7 Å². The van der Waals surface area contributed by atoms with Crippen LogP contribution in [0.25, 0.3) is 0 Å². The van der Waals surface area contributed by atoms with Gasteiger partial charge in [0.25, 0.3) is 0 Å². The van der Waals surface area contributed by atoms with Crippen LogP contribution in [0.4, 0.5) is 0 Å². The van der Waals surface area contributed by atoms with Crippen LogP contribution >= 0.6 is 0 Å². The molecule has 4 aromatic carbocycles. The van der Waals surface area contributed by atoms with Crippen LogP contribution < -0.4 is 63.9 Å². The SMILES string of the molecule is CCCCC(=O)[C@H](CC(C)=O)NC.CCCOc1cc(C(C)=O)cc(OCCC)c1CNC.CCC[C@H](NC)C(C)=O.CCOc1cc(C(C)=O)cc(OCC)c1CNC.CCOc1cc(C(C)=O)cc(OCC)c1OCC.CCOc1cc(OCC)cc(C(C)=O)c1. The number of ether oxygens (including phenoxy) is 9. The second kappa shape index (κ2) is 53.0. The average Bonchev–Trinajstić information content (AvgIpc) is 1.11. The fourth-order valence-corrected chi connectivity index (χ4v) is 8.49. The second-order valence-electron chi connectivity index (χ2n) is 21.0. The Hall–Kier alpha value is -7.39. The molecule has 0 saturated carbocycles. The van der Waals surface area contributed by atoms with Crippen molar-refractivity contribution in [1.82, 2.24) is 21.3 Å². The van der Waals surface area contributed by atoms with E-state index in [1.54, 1.807) is 70.3 Å². The third-order valence-corrected chi connectivity index (χ3v) is 13.0. The van der Waals surface area contributed by atoms with E-state index in [1.165, 1.54) is 20.8 Å². The van der Waals surface area contributed by atoms with E-state index in [1.807, 2.05) is 88.7 Å². The first-order valence-corrected chi connectivity index (χ1v) is 32.9. The number of ketones is 7. The molecule has 2 atom stereocenters. The summed E-state index contributed by atoms with van der Waals surface area (Å²) in [7, 11) is 7.29. The summed E-state index contributed by atoms with van der Waals surface area (Å²) in [6.07, 6.45) is 6.69. The summed E-state index contributed by atoms with van der Waals surface area (Å²) in [5.41, 5.74) is 4.34. The van der Waals surface area contributed by atoms with E-state index in [2.05, 4.69) is 42.0 Å². The van der Waals surface area contributed by atoms with Gasteiger partial charge in [0.15, 0.2) is 34.6 Å². The molecule has 20 nitrogen and oxygen atoms in total. The molecular formula is C73H116N4O16. The van der Waals surface area contributed by atoms with Gasteiger partial charge < -0.3 is 63.9 Å². The van der Waals surface area contributed by atoms with Crippen molar-refractivity contribution in [1.29, 1.82) is 0 Å². The minimum absolute atomic E-state index is 0.00733. The standard InChI is InChI=1S/C16H25NO3.C14H21NO3.C14H20O4.C12H16O3.C10H19NO2.C7H15NO/c1-5-7-19-15-9-13(12(3)18)10-16(20-8-6-2)14(15)11-17-4;1-5-17-13-7-11(10(3)16)8-14(18-6-2)12(13)9-15-4;1-5-16-12-8-11(10(4)15)9-13(17-6-2)14(12)18-7-3;1-4-14-11-6-10(9(3)13)7-12(8-11)15-5-2;1-4-5-6-10(13)9(11-3)7-8(2)12;1-4-5-7(8-3)6(2)9/h9-10,17H,5-8,11H2,1-4H3;7-8,15H,5-6,9H2,1-4H3;8-9H,5-7H2,1-4H3;6-8H,4-5H2,1-3H3;9,11H,4-7H2,1-3H3;7-8H,4-5H2,1-3H3/t;;;;9-;7-/m....00/s1. The molecule has 0 spiro atoms. The molecule has 20 heteroatoms. The Morgan fingerprint density at radius 2 is 0.710 bits per heavy atom. The number of nitrogens with one attached hydrogen (secondary N) is 4. The minimum Gasteiger partial charge on any atom is -0.494 e. The topological polar surface area (TPSA) is 251 Å². The molecule has 0 aliphatic rings. The molecule has 0 aliphatic heterocycles. The number of likely N-dealkylation sites (N-methyl/N-ethyl adjacent to an activating group) is 2. The molecule has 0 unspecified atom stereocenters. The summed E-state index contributed by atoms with van der Waals surface area (Å²) in [4.78, 5) is 78.8. The summed E-state index contributed by atoms with van der Waals surface area (Å²) < 4.78 is 50.0. The lowest BCUT2D eigenvalue weighted by molar-refractivity contribution is -0.125. The molecule has 4 rings (SSSR count). The molecule has 0 amide bonds. The average molecular weight is 1310 g/mol. The molecule has 0 radical (unpaired) electrons. The first-order chi connectivity index (χ1) is 44.4. The van der Waals surface area contributed by atoms with Gasteiger partial charge in [-0.15, -0.1) is 0 Å². The summed E-state index contributed by atoms with van der Waals surface area (Å²) in [6, 6.07) is 15.6. The highest BCUT2D eigenvalue weighted by molar-refractivity contribution is 5.97. The molecule has 524 valence electrons. The van der Waals surface area contributed by atoms with E-state index < -0.39 is 0 Å². The summed E-state index contributed by atoms with van der Waals surface area (Å²) in [5.74, 6) is 6.36. The number of benzene rings is 4. The molecular weight excluding hydrogens is 1190 g/mol. The highest BCUT2D eigenvalue weighted by atomic mass is 16.5.